The monoisotopic (exact) mass is 315 g/mol. The van der Waals surface area contributed by atoms with Crippen LogP contribution in [-0.2, 0) is 15.7 Å². The second kappa shape index (κ2) is 5.64. The molecule has 0 saturated heterocycles. The molecule has 0 radical (unpaired) electrons. The number of aromatic nitrogens is 1. The van der Waals surface area contributed by atoms with Gasteiger partial charge in [0, 0.05) is 16.9 Å². The predicted octanol–water partition coefficient (Wildman–Crippen LogP) is 3.45. The summed E-state index contributed by atoms with van der Waals surface area (Å²) in [6.07, 6.45) is -6.00. The van der Waals surface area contributed by atoms with Crippen LogP contribution in [0.1, 0.15) is 37.3 Å². The normalized spacial score (nSPS) is 13.6. The number of fused-ring (bicyclic) bond motifs is 1. The fourth-order valence-electron chi connectivity index (χ4n) is 2.44. The van der Waals surface area contributed by atoms with Gasteiger partial charge in [0.15, 0.2) is 6.10 Å². The maximum absolute atomic E-state index is 12.9. The van der Waals surface area contributed by atoms with Crippen molar-refractivity contribution >= 4 is 16.9 Å². The summed E-state index contributed by atoms with van der Waals surface area (Å²) < 4.78 is 44.6. The Labute approximate surface area is 125 Å². The van der Waals surface area contributed by atoms with Gasteiger partial charge in [0.25, 0.3) is 0 Å². The van der Waals surface area contributed by atoms with E-state index in [1.807, 2.05) is 0 Å². The Morgan fingerprint density at radius 3 is 2.41 bits per heavy atom. The van der Waals surface area contributed by atoms with Crippen LogP contribution in [-0.4, -0.2) is 22.8 Å². The van der Waals surface area contributed by atoms with E-state index in [-0.39, 0.29) is 11.7 Å². The molecular weight excluding hydrogens is 299 g/mol. The van der Waals surface area contributed by atoms with Crippen molar-refractivity contribution in [3.63, 3.8) is 0 Å². The van der Waals surface area contributed by atoms with Crippen LogP contribution >= 0.6 is 0 Å². The van der Waals surface area contributed by atoms with Crippen LogP contribution in [0.5, 0.6) is 0 Å². The summed E-state index contributed by atoms with van der Waals surface area (Å²) in [6.45, 7) is 3.51. The van der Waals surface area contributed by atoms with Crippen molar-refractivity contribution in [2.24, 2.45) is 0 Å². The van der Waals surface area contributed by atoms with E-state index in [4.69, 9.17) is 0 Å². The Hall–Kier alpha value is -2.02. The Morgan fingerprint density at radius 1 is 1.27 bits per heavy atom. The van der Waals surface area contributed by atoms with Gasteiger partial charge in [-0.3, -0.25) is 0 Å². The lowest BCUT2D eigenvalue weighted by Crippen LogP contribution is -2.18. The number of halogens is 3. The van der Waals surface area contributed by atoms with Crippen molar-refractivity contribution in [3.8, 4) is 0 Å². The molecule has 120 valence electrons. The van der Waals surface area contributed by atoms with Crippen LogP contribution in [0.2, 0.25) is 0 Å². The lowest BCUT2D eigenvalue weighted by molar-refractivity contribution is -0.151. The highest BCUT2D eigenvalue weighted by Crippen LogP contribution is 2.34. The molecule has 0 aliphatic carbocycles. The van der Waals surface area contributed by atoms with Crippen LogP contribution in [0, 0.1) is 0 Å². The van der Waals surface area contributed by atoms with Gasteiger partial charge in [0.2, 0.25) is 0 Å². The summed E-state index contributed by atoms with van der Waals surface area (Å²) in [6, 6.07) is 4.57. The number of aliphatic hydroxyl groups excluding tert-OH is 1. The molecule has 0 saturated carbocycles. The number of hydrogen-bond acceptors (Lipinski definition) is 3. The number of alkyl halides is 3. The van der Waals surface area contributed by atoms with Crippen molar-refractivity contribution in [2.45, 2.75) is 32.2 Å². The van der Waals surface area contributed by atoms with Crippen molar-refractivity contribution in [1.29, 1.82) is 0 Å². The Morgan fingerprint density at radius 2 is 1.91 bits per heavy atom. The molecule has 0 aliphatic heterocycles. The lowest BCUT2D eigenvalue weighted by atomic mass is 10.1. The number of ether oxygens (including phenoxy) is 1. The van der Waals surface area contributed by atoms with Crippen LogP contribution in [0.15, 0.2) is 24.3 Å². The third-order valence-electron chi connectivity index (χ3n) is 3.42. The minimum atomic E-state index is -4.46. The highest BCUT2D eigenvalue weighted by molar-refractivity contribution is 5.85. The maximum atomic E-state index is 12.9. The Kier molecular flexibility index (Phi) is 4.19. The molecule has 0 aliphatic rings. The highest BCUT2D eigenvalue weighted by atomic mass is 19.4. The molecule has 0 bridgehead atoms. The fourth-order valence-corrected chi connectivity index (χ4v) is 2.44. The number of aliphatic hydroxyl groups is 1. The van der Waals surface area contributed by atoms with Crippen molar-refractivity contribution in [1.82, 2.24) is 4.57 Å². The molecular formula is C15H16F3NO3. The van der Waals surface area contributed by atoms with Crippen LogP contribution in [0.3, 0.4) is 0 Å². The highest BCUT2D eigenvalue weighted by Gasteiger charge is 2.32. The number of nitrogens with zero attached hydrogens (tertiary/aromatic N) is 1. The second-order valence-corrected chi connectivity index (χ2v) is 5.23. The number of hydrogen-bond donors (Lipinski definition) is 1. The lowest BCUT2D eigenvalue weighted by Gasteiger charge is -2.17. The van der Waals surface area contributed by atoms with Gasteiger partial charge in [0.1, 0.15) is 0 Å². The molecule has 1 atom stereocenters. The summed E-state index contributed by atoms with van der Waals surface area (Å²) in [5.41, 5.74) is -0.266. The smallest absolute Gasteiger partial charge is 0.416 e. The van der Waals surface area contributed by atoms with E-state index in [2.05, 4.69) is 4.74 Å². The van der Waals surface area contributed by atoms with Gasteiger partial charge < -0.3 is 14.4 Å². The number of benzene rings is 1. The molecule has 0 amide bonds. The average Bonchev–Trinajstić information content (AvgIpc) is 2.82. The summed E-state index contributed by atoms with van der Waals surface area (Å²) >= 11 is 0. The summed E-state index contributed by atoms with van der Waals surface area (Å²) in [5.74, 6) is -0.860. The number of rotatable bonds is 3. The summed E-state index contributed by atoms with van der Waals surface area (Å²) in [7, 11) is 1.13. The first-order valence-electron chi connectivity index (χ1n) is 6.64. The molecule has 1 aromatic heterocycles. The van der Waals surface area contributed by atoms with E-state index < -0.39 is 23.8 Å². The Balaban J connectivity index is 2.69. The molecule has 0 spiro atoms. The number of carbonyl (C=O) groups excluding carboxylic acids is 1. The number of methoxy groups -OCH3 is 1. The van der Waals surface area contributed by atoms with Crippen molar-refractivity contribution in [3.05, 3.63) is 35.5 Å². The zero-order chi connectivity index (χ0) is 16.7. The molecule has 0 fully saturated rings. The van der Waals surface area contributed by atoms with Gasteiger partial charge in [-0.2, -0.15) is 13.2 Å². The molecule has 1 N–H and O–H groups in total. The molecule has 1 heterocycles. The van der Waals surface area contributed by atoms with Crippen molar-refractivity contribution in [2.75, 3.05) is 7.11 Å². The first kappa shape index (κ1) is 16.4. The molecule has 2 aromatic rings. The first-order valence-corrected chi connectivity index (χ1v) is 6.64. The van der Waals surface area contributed by atoms with E-state index in [1.165, 1.54) is 16.7 Å². The van der Waals surface area contributed by atoms with Crippen LogP contribution in [0.4, 0.5) is 13.2 Å². The minimum Gasteiger partial charge on any atom is -0.467 e. The standard InChI is InChI=1S/C15H16F3NO3/c1-8(2)19-11-7-10(15(16,17)18)5-4-9(11)6-12(19)13(20)14(21)22-3/h4-8,13,20H,1-3H3. The van der Waals surface area contributed by atoms with Gasteiger partial charge in [-0.05, 0) is 32.0 Å². The number of carbonyl (C=O) groups is 1. The third kappa shape index (κ3) is 2.81. The minimum absolute atomic E-state index is 0.205. The quantitative estimate of drug-likeness (QED) is 0.883. The van der Waals surface area contributed by atoms with Gasteiger partial charge in [-0.15, -0.1) is 0 Å². The zero-order valence-corrected chi connectivity index (χ0v) is 12.3. The topological polar surface area (TPSA) is 51.5 Å². The predicted molar refractivity (Wildman–Crippen MR) is 74.3 cm³/mol. The maximum Gasteiger partial charge on any atom is 0.416 e. The van der Waals surface area contributed by atoms with E-state index >= 15 is 0 Å². The molecule has 1 aromatic carbocycles. The second-order valence-electron chi connectivity index (χ2n) is 5.23. The molecule has 2 rings (SSSR count). The Bertz CT molecular complexity index is 704. The van der Waals surface area contributed by atoms with Crippen LogP contribution < -0.4 is 0 Å². The molecule has 4 nitrogen and oxygen atoms in total. The summed E-state index contributed by atoms with van der Waals surface area (Å²) in [5, 5.41) is 10.5. The summed E-state index contributed by atoms with van der Waals surface area (Å²) in [4.78, 5) is 11.5. The van der Waals surface area contributed by atoms with E-state index in [1.54, 1.807) is 13.8 Å². The van der Waals surface area contributed by atoms with E-state index in [0.717, 1.165) is 19.2 Å². The van der Waals surface area contributed by atoms with Gasteiger partial charge in [-0.1, -0.05) is 6.07 Å². The van der Waals surface area contributed by atoms with Crippen molar-refractivity contribution < 1.29 is 27.8 Å². The molecule has 7 heteroatoms. The van der Waals surface area contributed by atoms with Gasteiger partial charge in [-0.25, -0.2) is 4.79 Å². The first-order chi connectivity index (χ1) is 10.2. The van der Waals surface area contributed by atoms with Crippen LogP contribution in [0.25, 0.3) is 10.9 Å². The largest absolute Gasteiger partial charge is 0.467 e. The molecule has 22 heavy (non-hydrogen) atoms. The van der Waals surface area contributed by atoms with E-state index in [9.17, 15) is 23.1 Å². The average molecular weight is 315 g/mol. The van der Waals surface area contributed by atoms with E-state index in [0.29, 0.717) is 10.9 Å². The fraction of sp³-hybridized carbons (Fsp3) is 0.400. The van der Waals surface area contributed by atoms with Gasteiger partial charge in [0.05, 0.1) is 18.4 Å². The zero-order valence-electron chi connectivity index (χ0n) is 12.3. The number of esters is 1. The molecule has 1 unspecified atom stereocenters. The van der Waals surface area contributed by atoms with Gasteiger partial charge >= 0.3 is 12.1 Å². The SMILES string of the molecule is COC(=O)C(O)c1cc2ccc(C(F)(F)F)cc2n1C(C)C. The third-order valence-corrected chi connectivity index (χ3v) is 3.42.